The Morgan fingerprint density at radius 1 is 0.467 bits per heavy atom. The number of rotatable bonds is 24. The predicted octanol–water partition coefficient (Wildman–Crippen LogP) is 10.3. The summed E-state index contributed by atoms with van der Waals surface area (Å²) < 4.78 is 26.2. The van der Waals surface area contributed by atoms with Gasteiger partial charge in [0.15, 0.2) is 13.5 Å². The third kappa shape index (κ3) is 13.4. The van der Waals surface area contributed by atoms with Gasteiger partial charge in [-0.05, 0) is 135 Å². The fraction of sp³-hybridized carbons (Fsp3) is 0.458. The molecule has 0 N–H and O–H groups in total. The van der Waals surface area contributed by atoms with Crippen LogP contribution in [0.25, 0.3) is 20.2 Å². The van der Waals surface area contributed by atoms with Gasteiger partial charge in [-0.1, -0.05) is 30.7 Å². The highest BCUT2D eigenvalue weighted by molar-refractivity contribution is 7.17. The number of anilines is 4. The maximum Gasteiger partial charge on any atom is 0.307 e. The van der Waals surface area contributed by atoms with Gasteiger partial charge < -0.3 is 28.7 Å². The average molecular weight is 1060 g/mol. The normalized spacial score (nSPS) is 16.4. The molecular weight excluding hydrogens is 985 g/mol. The lowest BCUT2D eigenvalue weighted by molar-refractivity contribution is -0.145. The number of nitrogens with zero attached hydrogens (tertiary/aromatic N) is 6. The summed E-state index contributed by atoms with van der Waals surface area (Å²) in [7, 11) is 0. The van der Waals surface area contributed by atoms with Crippen LogP contribution < -0.4 is 29.1 Å². The minimum absolute atomic E-state index is 0.0904. The van der Waals surface area contributed by atoms with E-state index in [1.165, 1.54) is 41.3 Å². The molecule has 14 nitrogen and oxygen atoms in total. The van der Waals surface area contributed by atoms with Crippen molar-refractivity contribution in [3.63, 3.8) is 0 Å². The number of ether oxygens (including phenoxy) is 4. The molecule has 2 saturated heterocycles. The first-order valence-electron chi connectivity index (χ1n) is 27.1. The van der Waals surface area contributed by atoms with Gasteiger partial charge in [0.25, 0.3) is 0 Å². The number of thiophene rings is 2. The van der Waals surface area contributed by atoms with Crippen molar-refractivity contribution < 1.29 is 38.1 Å². The molecule has 10 rings (SSSR count). The number of hydrogen-bond acceptors (Lipinski definition) is 14. The fourth-order valence-electron chi connectivity index (χ4n) is 10.8. The van der Waals surface area contributed by atoms with Gasteiger partial charge in [0, 0.05) is 122 Å². The van der Waals surface area contributed by atoms with E-state index in [9.17, 15) is 19.2 Å². The van der Waals surface area contributed by atoms with E-state index in [0.29, 0.717) is 69.7 Å². The van der Waals surface area contributed by atoms with E-state index in [-0.39, 0.29) is 38.1 Å². The highest BCUT2D eigenvalue weighted by Crippen LogP contribution is 2.35. The third-order valence-corrected chi connectivity index (χ3v) is 16.9. The van der Waals surface area contributed by atoms with Crippen molar-refractivity contribution >= 4 is 89.3 Å². The van der Waals surface area contributed by atoms with Crippen LogP contribution in [0, 0.1) is 0 Å². The van der Waals surface area contributed by atoms with Gasteiger partial charge in [0.05, 0.1) is 24.6 Å². The summed E-state index contributed by atoms with van der Waals surface area (Å²) in [5.41, 5.74) is 6.17. The predicted molar refractivity (Wildman–Crippen MR) is 300 cm³/mol. The van der Waals surface area contributed by atoms with Gasteiger partial charge >= 0.3 is 11.9 Å². The Bertz CT molecular complexity index is 2710. The number of carbonyl (C=O) groups is 4. The molecular formula is C59H70N6O8S2. The molecule has 4 aliphatic rings. The zero-order valence-corrected chi connectivity index (χ0v) is 44.7. The van der Waals surface area contributed by atoms with Crippen molar-refractivity contribution in [1.29, 1.82) is 0 Å². The second-order valence-corrected chi connectivity index (χ2v) is 22.0. The van der Waals surface area contributed by atoms with E-state index in [1.54, 1.807) is 22.7 Å². The number of hydrogen-bond donors (Lipinski definition) is 0. The molecule has 4 aromatic carbocycles. The number of unbranched alkanes of at least 4 members (excludes halogenated alkanes) is 4. The van der Waals surface area contributed by atoms with E-state index >= 15 is 0 Å². The van der Waals surface area contributed by atoms with Gasteiger partial charge in [-0.25, -0.2) is 0 Å². The lowest BCUT2D eigenvalue weighted by Gasteiger charge is -2.36. The minimum Gasteiger partial charge on any atom is -0.494 e. The van der Waals surface area contributed by atoms with E-state index in [1.807, 2.05) is 36.4 Å². The average Bonchev–Trinajstić information content (AvgIpc) is 4.14. The van der Waals surface area contributed by atoms with Crippen molar-refractivity contribution in [1.82, 2.24) is 9.80 Å². The first-order valence-corrected chi connectivity index (χ1v) is 28.9. The molecule has 0 bridgehead atoms. The minimum atomic E-state index is -0.398. The number of aryl methyl sites for hydroxylation is 2. The van der Waals surface area contributed by atoms with E-state index in [4.69, 9.17) is 18.9 Å². The lowest BCUT2D eigenvalue weighted by Crippen LogP contribution is -2.46. The topological polar surface area (TPSA) is 125 Å². The summed E-state index contributed by atoms with van der Waals surface area (Å²) in [5.74, 6) is 0.416. The molecule has 2 aromatic heterocycles. The van der Waals surface area contributed by atoms with E-state index in [2.05, 4.69) is 78.9 Å². The molecule has 396 valence electrons. The molecule has 0 atom stereocenters. The van der Waals surface area contributed by atoms with Crippen LogP contribution in [0.1, 0.15) is 81.8 Å². The standard InChI is InChI=1S/C59H70N6O8S2/c66-56-22-18-44-16-20-46(70-36-6-4-26-60-28-32-62(33-29-60)50-10-8-12-54-48(50)24-38-74-54)40-52(44)64(56)42-72-58(68)14-2-1-3-15-59(69)73-43-65-53-41-47(21-17-45(53)19-23-57(65)67)71-37-7-5-27-61-30-34-63(35-31-61)51-11-9-13-55-49(51)25-39-75-55/h8-13,16-17,20-21,24-25,38-41H,1-7,14-15,18-19,22-23,26-37,42-43H2. The molecule has 0 radical (unpaired) electrons. The van der Waals surface area contributed by atoms with Crippen molar-refractivity contribution in [2.75, 3.05) is 112 Å². The SMILES string of the molecule is O=C(CCCCCC(=O)OCN1C(=O)CCc2ccc(OCCCCN3CCN(c4cccc5sccc45)CC3)cc21)OCN1C(=O)CCc2ccc(OCCCCN3CCN(c4cccc5sccc45)CC3)cc21. The first kappa shape index (κ1) is 52.3. The van der Waals surface area contributed by atoms with Crippen LogP contribution in [0.15, 0.2) is 95.7 Å². The monoisotopic (exact) mass is 1050 g/mol. The van der Waals surface area contributed by atoms with Crippen LogP contribution in [0.3, 0.4) is 0 Å². The zero-order chi connectivity index (χ0) is 51.3. The Hall–Kier alpha value is -6.20. The van der Waals surface area contributed by atoms with Crippen molar-refractivity contribution in [2.24, 2.45) is 0 Å². The van der Waals surface area contributed by atoms with Crippen LogP contribution in [0.2, 0.25) is 0 Å². The second-order valence-electron chi connectivity index (χ2n) is 20.1. The van der Waals surface area contributed by atoms with Gasteiger partial charge in [0.2, 0.25) is 11.8 Å². The van der Waals surface area contributed by atoms with E-state index in [0.717, 1.165) is 114 Å². The Labute approximate surface area is 448 Å². The summed E-state index contributed by atoms with van der Waals surface area (Å²) in [6.07, 6.45) is 7.91. The highest BCUT2D eigenvalue weighted by atomic mass is 32.1. The van der Waals surface area contributed by atoms with Crippen LogP contribution in [-0.4, -0.2) is 126 Å². The third-order valence-electron chi connectivity index (χ3n) is 15.1. The quantitative estimate of drug-likeness (QED) is 0.0423. The summed E-state index contributed by atoms with van der Waals surface area (Å²) in [6, 6.07) is 29.3. The summed E-state index contributed by atoms with van der Waals surface area (Å²) in [5, 5.41) is 7.05. The Balaban J connectivity index is 0.580. The molecule has 75 heavy (non-hydrogen) atoms. The maximum atomic E-state index is 13.1. The van der Waals surface area contributed by atoms with Gasteiger partial charge in [0.1, 0.15) is 11.5 Å². The molecule has 0 aliphatic carbocycles. The fourth-order valence-corrected chi connectivity index (χ4v) is 12.4. The molecule has 2 amide bonds. The first-order chi connectivity index (χ1) is 36.8. The Morgan fingerprint density at radius 3 is 1.37 bits per heavy atom. The molecule has 0 saturated carbocycles. The highest BCUT2D eigenvalue weighted by Gasteiger charge is 2.28. The number of benzene rings is 4. The zero-order valence-electron chi connectivity index (χ0n) is 43.1. The molecule has 2 fully saturated rings. The molecule has 6 aromatic rings. The Kier molecular flexibility index (Phi) is 17.8. The van der Waals surface area contributed by atoms with Crippen molar-refractivity contribution in [3.8, 4) is 11.5 Å². The largest absolute Gasteiger partial charge is 0.494 e. The van der Waals surface area contributed by atoms with Crippen molar-refractivity contribution in [2.45, 2.75) is 83.5 Å². The Morgan fingerprint density at radius 2 is 0.920 bits per heavy atom. The number of fused-ring (bicyclic) bond motifs is 4. The van der Waals surface area contributed by atoms with Gasteiger partial charge in [-0.15, -0.1) is 22.7 Å². The smallest absolute Gasteiger partial charge is 0.307 e. The maximum absolute atomic E-state index is 13.1. The molecule has 0 spiro atoms. The number of piperazine rings is 2. The number of esters is 2. The lowest BCUT2D eigenvalue weighted by atomic mass is 10.0. The second kappa shape index (κ2) is 25.6. The molecule has 16 heteroatoms. The van der Waals surface area contributed by atoms with Crippen LogP contribution >= 0.6 is 22.7 Å². The van der Waals surface area contributed by atoms with Crippen LogP contribution in [0.5, 0.6) is 11.5 Å². The van der Waals surface area contributed by atoms with Crippen molar-refractivity contribution in [3.05, 3.63) is 107 Å². The molecule has 6 heterocycles. The molecule has 4 aliphatic heterocycles. The van der Waals surface area contributed by atoms with E-state index < -0.39 is 11.9 Å². The summed E-state index contributed by atoms with van der Waals surface area (Å²) in [6.45, 7) is 11.2. The number of amides is 2. The van der Waals surface area contributed by atoms with Gasteiger partial charge in [-0.3, -0.25) is 38.8 Å². The van der Waals surface area contributed by atoms with Crippen LogP contribution in [-0.2, 0) is 41.5 Å². The van der Waals surface area contributed by atoms with Gasteiger partial charge in [-0.2, -0.15) is 0 Å². The van der Waals surface area contributed by atoms with Crippen LogP contribution in [0.4, 0.5) is 22.7 Å². The molecule has 0 unspecified atom stereocenters. The summed E-state index contributed by atoms with van der Waals surface area (Å²) >= 11 is 3.59. The summed E-state index contributed by atoms with van der Waals surface area (Å²) in [4.78, 5) is 64.9. The number of carbonyl (C=O) groups excluding carboxylic acids is 4.